The monoisotopic (exact) mass is 285 g/mol. The molecule has 0 aromatic heterocycles. The molecule has 1 nitrogen and oxygen atoms in total. The lowest BCUT2D eigenvalue weighted by Gasteiger charge is -2.15. The Morgan fingerprint density at radius 3 is 2.21 bits per heavy atom. The molecule has 0 heterocycles. The van der Waals surface area contributed by atoms with Gasteiger partial charge in [-0.1, -0.05) is 17.7 Å². The molecule has 0 amide bonds. The first-order valence-corrected chi connectivity index (χ1v) is 5.94. The van der Waals surface area contributed by atoms with Crippen LogP contribution in [0.2, 0.25) is 5.02 Å². The molecule has 0 aliphatic heterocycles. The highest BCUT2D eigenvalue weighted by atomic mass is 35.5. The Balaban J connectivity index is 2.49. The molecule has 0 bridgehead atoms. The highest BCUT2D eigenvalue weighted by Crippen LogP contribution is 2.27. The van der Waals surface area contributed by atoms with Crippen LogP contribution in [0.15, 0.2) is 30.3 Å². The Morgan fingerprint density at radius 2 is 1.58 bits per heavy atom. The number of rotatable bonds is 2. The second-order valence-corrected chi connectivity index (χ2v) is 4.70. The van der Waals surface area contributed by atoms with Gasteiger partial charge >= 0.3 is 0 Å². The van der Waals surface area contributed by atoms with Crippen molar-refractivity contribution in [2.24, 2.45) is 5.73 Å². The fraction of sp³-hybridized carbons (Fsp3) is 0.143. The largest absolute Gasteiger partial charge is 0.320 e. The van der Waals surface area contributed by atoms with Gasteiger partial charge in [-0.05, 0) is 36.8 Å². The predicted octanol–water partition coefficient (Wildman–Crippen LogP) is 4.11. The van der Waals surface area contributed by atoms with Gasteiger partial charge in [0.15, 0.2) is 0 Å². The van der Waals surface area contributed by atoms with Gasteiger partial charge in [0.05, 0.1) is 6.04 Å². The van der Waals surface area contributed by atoms with Crippen LogP contribution in [0.5, 0.6) is 0 Å². The summed E-state index contributed by atoms with van der Waals surface area (Å²) in [5, 5.41) is 0.212. The van der Waals surface area contributed by atoms with E-state index >= 15 is 0 Å². The molecular weight excluding hydrogens is 275 g/mol. The number of hydrogen-bond acceptors (Lipinski definition) is 1. The van der Waals surface area contributed by atoms with Crippen molar-refractivity contribution in [3.8, 4) is 0 Å². The molecule has 0 saturated carbocycles. The topological polar surface area (TPSA) is 26.0 Å². The van der Waals surface area contributed by atoms with E-state index in [1.165, 1.54) is 19.1 Å². The average molecular weight is 286 g/mol. The summed E-state index contributed by atoms with van der Waals surface area (Å²) in [7, 11) is 0. The van der Waals surface area contributed by atoms with E-state index in [1.807, 2.05) is 0 Å². The van der Waals surface area contributed by atoms with Crippen LogP contribution in [0.25, 0.3) is 0 Å². The normalized spacial score (nSPS) is 12.5. The lowest BCUT2D eigenvalue weighted by atomic mass is 9.97. The summed E-state index contributed by atoms with van der Waals surface area (Å²) in [6.07, 6.45) is 0. The summed E-state index contributed by atoms with van der Waals surface area (Å²) in [6.45, 7) is 1.44. The van der Waals surface area contributed by atoms with Crippen molar-refractivity contribution >= 4 is 11.6 Å². The van der Waals surface area contributed by atoms with E-state index in [2.05, 4.69) is 0 Å². The van der Waals surface area contributed by atoms with Gasteiger partial charge in [0.2, 0.25) is 0 Å². The number of nitrogens with two attached hydrogens (primary N) is 1. The van der Waals surface area contributed by atoms with E-state index in [-0.39, 0.29) is 21.7 Å². The van der Waals surface area contributed by atoms with Gasteiger partial charge in [-0.2, -0.15) is 0 Å². The van der Waals surface area contributed by atoms with E-state index in [4.69, 9.17) is 17.3 Å². The maximum Gasteiger partial charge on any atom is 0.129 e. The lowest BCUT2D eigenvalue weighted by molar-refractivity contribution is 0.559. The predicted molar refractivity (Wildman–Crippen MR) is 68.5 cm³/mol. The molecule has 100 valence electrons. The van der Waals surface area contributed by atoms with Crippen molar-refractivity contribution in [1.29, 1.82) is 0 Å². The minimum atomic E-state index is -1.09. The summed E-state index contributed by atoms with van der Waals surface area (Å²) in [6, 6.07) is 4.83. The van der Waals surface area contributed by atoms with Gasteiger partial charge in [-0.25, -0.2) is 13.2 Å². The summed E-state index contributed by atoms with van der Waals surface area (Å²) >= 11 is 5.63. The molecule has 2 aromatic rings. The molecule has 5 heteroatoms. The van der Waals surface area contributed by atoms with Crippen molar-refractivity contribution in [2.45, 2.75) is 13.0 Å². The summed E-state index contributed by atoms with van der Waals surface area (Å²) in [5.74, 6) is -1.90. The molecule has 19 heavy (non-hydrogen) atoms. The molecule has 0 aliphatic rings. The quantitative estimate of drug-likeness (QED) is 0.883. The summed E-state index contributed by atoms with van der Waals surface area (Å²) in [4.78, 5) is 0. The Hall–Kier alpha value is -1.52. The first-order valence-electron chi connectivity index (χ1n) is 5.56. The van der Waals surface area contributed by atoms with E-state index in [1.54, 1.807) is 0 Å². The molecule has 0 aliphatic carbocycles. The zero-order chi connectivity index (χ0) is 14.2. The Kier molecular flexibility index (Phi) is 3.83. The number of halogens is 4. The van der Waals surface area contributed by atoms with Crippen LogP contribution >= 0.6 is 11.6 Å². The van der Waals surface area contributed by atoms with Crippen molar-refractivity contribution in [2.75, 3.05) is 0 Å². The van der Waals surface area contributed by atoms with Crippen molar-refractivity contribution < 1.29 is 13.2 Å². The smallest absolute Gasteiger partial charge is 0.129 e. The third-order valence-electron chi connectivity index (χ3n) is 2.91. The number of benzene rings is 2. The van der Waals surface area contributed by atoms with Gasteiger partial charge in [0.1, 0.15) is 17.5 Å². The molecule has 0 radical (unpaired) electrons. The average Bonchev–Trinajstić information content (AvgIpc) is 2.33. The second kappa shape index (κ2) is 5.23. The van der Waals surface area contributed by atoms with Gasteiger partial charge in [-0.3, -0.25) is 0 Å². The lowest BCUT2D eigenvalue weighted by Crippen LogP contribution is -2.16. The Labute approximate surface area is 113 Å². The maximum atomic E-state index is 13.8. The standard InChI is InChI=1S/C14H11ClF3N/c1-7-4-12(17)10(6-11(7)16)14(19)9-3-2-8(15)5-13(9)18/h2-6,14H,19H2,1H3. The van der Waals surface area contributed by atoms with Gasteiger partial charge in [0, 0.05) is 16.1 Å². The number of hydrogen-bond donors (Lipinski definition) is 1. The minimum Gasteiger partial charge on any atom is -0.320 e. The first kappa shape index (κ1) is 13.9. The Bertz CT molecular complexity index is 628. The Morgan fingerprint density at radius 1 is 0.947 bits per heavy atom. The maximum absolute atomic E-state index is 13.8. The molecule has 0 saturated heterocycles. The molecule has 1 atom stereocenters. The van der Waals surface area contributed by atoms with Crippen molar-refractivity contribution in [3.05, 3.63) is 69.5 Å². The zero-order valence-electron chi connectivity index (χ0n) is 10.1. The van der Waals surface area contributed by atoms with Crippen LogP contribution in [0.4, 0.5) is 13.2 Å². The summed E-state index contributed by atoms with van der Waals surface area (Å²) in [5.41, 5.74) is 5.94. The van der Waals surface area contributed by atoms with Gasteiger partial charge in [-0.15, -0.1) is 0 Å². The van der Waals surface area contributed by atoms with Gasteiger partial charge < -0.3 is 5.73 Å². The van der Waals surface area contributed by atoms with E-state index < -0.39 is 23.5 Å². The molecule has 2 N–H and O–H groups in total. The van der Waals surface area contributed by atoms with Crippen molar-refractivity contribution in [1.82, 2.24) is 0 Å². The van der Waals surface area contributed by atoms with Crippen LogP contribution in [-0.4, -0.2) is 0 Å². The van der Waals surface area contributed by atoms with Crippen molar-refractivity contribution in [3.63, 3.8) is 0 Å². The molecule has 2 rings (SSSR count). The molecule has 2 aromatic carbocycles. The minimum absolute atomic E-state index is 0.0616. The van der Waals surface area contributed by atoms with Crippen LogP contribution in [0.1, 0.15) is 22.7 Å². The fourth-order valence-electron chi connectivity index (χ4n) is 1.82. The summed E-state index contributed by atoms with van der Waals surface area (Å²) < 4.78 is 41.0. The SMILES string of the molecule is Cc1cc(F)c(C(N)c2ccc(Cl)cc2F)cc1F. The third kappa shape index (κ3) is 2.74. The highest BCUT2D eigenvalue weighted by molar-refractivity contribution is 6.30. The van der Waals surface area contributed by atoms with Crippen LogP contribution < -0.4 is 5.73 Å². The van der Waals surface area contributed by atoms with Gasteiger partial charge in [0.25, 0.3) is 0 Å². The van der Waals surface area contributed by atoms with E-state index in [9.17, 15) is 13.2 Å². The zero-order valence-corrected chi connectivity index (χ0v) is 10.8. The van der Waals surface area contributed by atoms with Crippen LogP contribution in [-0.2, 0) is 0 Å². The number of aryl methyl sites for hydroxylation is 1. The van der Waals surface area contributed by atoms with E-state index in [0.717, 1.165) is 18.2 Å². The van der Waals surface area contributed by atoms with Crippen LogP contribution in [0, 0.1) is 24.4 Å². The molecule has 0 fully saturated rings. The molecular formula is C14H11ClF3N. The fourth-order valence-corrected chi connectivity index (χ4v) is 1.98. The van der Waals surface area contributed by atoms with Crippen LogP contribution in [0.3, 0.4) is 0 Å². The second-order valence-electron chi connectivity index (χ2n) is 4.27. The highest BCUT2D eigenvalue weighted by Gasteiger charge is 2.19. The first-order chi connectivity index (χ1) is 8.90. The molecule has 0 spiro atoms. The molecule has 1 unspecified atom stereocenters. The van der Waals surface area contributed by atoms with E-state index in [0.29, 0.717) is 0 Å². The third-order valence-corrected chi connectivity index (χ3v) is 3.15.